The van der Waals surface area contributed by atoms with Gasteiger partial charge in [-0.25, -0.2) is 17.5 Å². The molecule has 188 valence electrons. The summed E-state index contributed by atoms with van der Waals surface area (Å²) in [7, 11) is 0.302. The number of carbonyl (C=O) groups excluding carboxylic acids is 1. The summed E-state index contributed by atoms with van der Waals surface area (Å²) >= 11 is 0. The molecule has 4 rings (SSSR count). The molecule has 0 saturated carbocycles. The maximum atomic E-state index is 13.3. The number of aryl methyl sites for hydroxylation is 1. The SMILES string of the molecule is CCS(=O)(=O)N1CCC2(CC1)CN(C(=O)NC(C)C)[C@@H](CO)c1c2c2ccc(OC)cc2n1C. The number of piperidine rings is 1. The second-order valence-electron chi connectivity index (χ2n) is 9.71. The fourth-order valence-corrected chi connectivity index (χ4v) is 6.79. The lowest BCUT2D eigenvalue weighted by molar-refractivity contribution is 0.0775. The van der Waals surface area contributed by atoms with Gasteiger partial charge in [-0.2, -0.15) is 0 Å². The molecule has 1 aromatic carbocycles. The third kappa shape index (κ3) is 3.95. The molecular formula is C24H36N4O5S. The maximum absolute atomic E-state index is 13.3. The molecule has 1 aromatic heterocycles. The number of methoxy groups -OCH3 is 1. The molecule has 2 N–H and O–H groups in total. The van der Waals surface area contributed by atoms with E-state index in [9.17, 15) is 18.3 Å². The molecule has 2 aromatic rings. The summed E-state index contributed by atoms with van der Waals surface area (Å²) < 4.78 is 34.2. The van der Waals surface area contributed by atoms with Crippen molar-refractivity contribution in [1.29, 1.82) is 0 Å². The first-order valence-electron chi connectivity index (χ1n) is 11.9. The molecule has 2 aliphatic rings. The Labute approximate surface area is 201 Å². The van der Waals surface area contributed by atoms with Crippen LogP contribution < -0.4 is 10.1 Å². The average molecular weight is 493 g/mol. The van der Waals surface area contributed by atoms with Crippen molar-refractivity contribution in [2.45, 2.75) is 51.1 Å². The number of benzene rings is 1. The molecule has 1 atom stereocenters. The molecule has 1 saturated heterocycles. The largest absolute Gasteiger partial charge is 0.497 e. The number of fused-ring (bicyclic) bond motifs is 4. The van der Waals surface area contributed by atoms with Gasteiger partial charge in [0.25, 0.3) is 0 Å². The second kappa shape index (κ2) is 9.05. The number of carbonyl (C=O) groups is 1. The van der Waals surface area contributed by atoms with Crippen molar-refractivity contribution in [2.24, 2.45) is 7.05 Å². The maximum Gasteiger partial charge on any atom is 0.318 e. The molecule has 1 fully saturated rings. The zero-order valence-electron chi connectivity index (χ0n) is 20.7. The first-order chi connectivity index (χ1) is 16.1. The molecule has 34 heavy (non-hydrogen) atoms. The standard InChI is InChI=1S/C24H36N4O5S/c1-6-34(31,32)27-11-9-24(10-12-27)15-28(23(30)25-16(2)3)20(14-29)22-21(24)18-8-7-17(33-5)13-19(18)26(22)4/h7-8,13,16,20,29H,6,9-12,14-15H2,1-5H3,(H,25,30)/t20-/m0/s1. The van der Waals surface area contributed by atoms with Crippen LogP contribution in [0.4, 0.5) is 4.79 Å². The van der Waals surface area contributed by atoms with Gasteiger partial charge in [0, 0.05) is 55.3 Å². The topological polar surface area (TPSA) is 104 Å². The number of rotatable bonds is 5. The van der Waals surface area contributed by atoms with Gasteiger partial charge in [0.15, 0.2) is 0 Å². The molecule has 10 heteroatoms. The summed E-state index contributed by atoms with van der Waals surface area (Å²) in [5.41, 5.74) is 2.58. The van der Waals surface area contributed by atoms with Crippen molar-refractivity contribution < 1.29 is 23.1 Å². The molecule has 2 amide bonds. The van der Waals surface area contributed by atoms with Gasteiger partial charge in [0.05, 0.1) is 31.0 Å². The van der Waals surface area contributed by atoms with E-state index in [4.69, 9.17) is 4.74 Å². The van der Waals surface area contributed by atoms with E-state index in [1.165, 1.54) is 0 Å². The van der Waals surface area contributed by atoms with E-state index >= 15 is 0 Å². The number of aliphatic hydroxyl groups excluding tert-OH is 1. The third-order valence-electron chi connectivity index (χ3n) is 7.43. The zero-order chi connectivity index (χ0) is 24.8. The van der Waals surface area contributed by atoms with Crippen LogP contribution in [0.15, 0.2) is 18.2 Å². The number of sulfonamides is 1. The number of aliphatic hydroxyl groups is 1. The van der Waals surface area contributed by atoms with Gasteiger partial charge in [0.1, 0.15) is 5.75 Å². The Kier molecular flexibility index (Phi) is 6.61. The summed E-state index contributed by atoms with van der Waals surface area (Å²) in [6, 6.07) is 5.19. The Morgan fingerprint density at radius 2 is 1.97 bits per heavy atom. The molecule has 9 nitrogen and oxygen atoms in total. The summed E-state index contributed by atoms with van der Waals surface area (Å²) in [5, 5.41) is 14.5. The van der Waals surface area contributed by atoms with E-state index in [0.29, 0.717) is 32.5 Å². The van der Waals surface area contributed by atoms with Gasteiger partial charge in [-0.3, -0.25) is 0 Å². The van der Waals surface area contributed by atoms with Crippen molar-refractivity contribution >= 4 is 27.0 Å². The van der Waals surface area contributed by atoms with Crippen molar-refractivity contribution in [3.8, 4) is 5.75 Å². The van der Waals surface area contributed by atoms with Crippen LogP contribution >= 0.6 is 0 Å². The van der Waals surface area contributed by atoms with E-state index in [1.807, 2.05) is 39.1 Å². The van der Waals surface area contributed by atoms with Crippen molar-refractivity contribution in [3.63, 3.8) is 0 Å². The highest BCUT2D eigenvalue weighted by molar-refractivity contribution is 7.89. The van der Waals surface area contributed by atoms with E-state index in [2.05, 4.69) is 9.88 Å². The van der Waals surface area contributed by atoms with Crippen molar-refractivity contribution in [1.82, 2.24) is 19.1 Å². The first-order valence-corrected chi connectivity index (χ1v) is 13.5. The zero-order valence-corrected chi connectivity index (χ0v) is 21.5. The summed E-state index contributed by atoms with van der Waals surface area (Å²) in [4.78, 5) is 15.0. The number of urea groups is 1. The van der Waals surface area contributed by atoms with Gasteiger partial charge >= 0.3 is 6.03 Å². The molecular weight excluding hydrogens is 456 g/mol. The Bertz CT molecular complexity index is 1180. The molecule has 0 aliphatic carbocycles. The lowest BCUT2D eigenvalue weighted by Crippen LogP contribution is -2.58. The van der Waals surface area contributed by atoms with Crippen LogP contribution in [0, 0.1) is 0 Å². The molecule has 3 heterocycles. The summed E-state index contributed by atoms with van der Waals surface area (Å²) in [5.74, 6) is 0.813. The van der Waals surface area contributed by atoms with Crippen LogP contribution in [0.5, 0.6) is 5.75 Å². The molecule has 0 radical (unpaired) electrons. The van der Waals surface area contributed by atoms with E-state index in [0.717, 1.165) is 27.9 Å². The Balaban J connectivity index is 1.89. The first kappa shape index (κ1) is 24.8. The van der Waals surface area contributed by atoms with E-state index in [1.54, 1.807) is 23.2 Å². The fraction of sp³-hybridized carbons (Fsp3) is 0.625. The minimum atomic E-state index is -3.28. The Hall–Kier alpha value is -2.30. The number of amides is 2. The van der Waals surface area contributed by atoms with Gasteiger partial charge in [-0.05, 0) is 51.3 Å². The normalized spacial score (nSPS) is 20.7. The highest BCUT2D eigenvalue weighted by Crippen LogP contribution is 2.50. The molecule has 0 bridgehead atoms. The monoisotopic (exact) mass is 492 g/mol. The van der Waals surface area contributed by atoms with Crippen molar-refractivity contribution in [3.05, 3.63) is 29.5 Å². The van der Waals surface area contributed by atoms with Crippen molar-refractivity contribution in [2.75, 3.05) is 39.1 Å². The van der Waals surface area contributed by atoms with Crippen LogP contribution in [0.3, 0.4) is 0 Å². The van der Waals surface area contributed by atoms with Crippen LogP contribution in [-0.2, 0) is 22.5 Å². The minimum absolute atomic E-state index is 0.0440. The average Bonchev–Trinajstić information content (AvgIpc) is 3.11. The third-order valence-corrected chi connectivity index (χ3v) is 9.31. The molecule has 2 aliphatic heterocycles. The highest BCUT2D eigenvalue weighted by atomic mass is 32.2. The van der Waals surface area contributed by atoms with E-state index < -0.39 is 21.5 Å². The Morgan fingerprint density at radius 3 is 2.53 bits per heavy atom. The second-order valence-corrected chi connectivity index (χ2v) is 12.0. The van der Waals surface area contributed by atoms with Gasteiger partial charge in [-0.15, -0.1) is 0 Å². The number of ether oxygens (including phenoxy) is 1. The number of hydrogen-bond acceptors (Lipinski definition) is 5. The molecule has 1 spiro atoms. The van der Waals surface area contributed by atoms with Gasteiger partial charge in [0.2, 0.25) is 10.0 Å². The minimum Gasteiger partial charge on any atom is -0.497 e. The van der Waals surface area contributed by atoms with Crippen LogP contribution in [0.1, 0.15) is 50.9 Å². The fourth-order valence-electron chi connectivity index (χ4n) is 5.68. The lowest BCUT2D eigenvalue weighted by Gasteiger charge is -2.50. The summed E-state index contributed by atoms with van der Waals surface area (Å²) in [6.07, 6.45) is 1.21. The number of nitrogens with one attached hydrogen (secondary N) is 1. The van der Waals surface area contributed by atoms with Crippen LogP contribution in [-0.4, -0.2) is 78.5 Å². The van der Waals surface area contributed by atoms with E-state index in [-0.39, 0.29) is 24.4 Å². The number of hydrogen-bond donors (Lipinski definition) is 2. The lowest BCUT2D eigenvalue weighted by atomic mass is 9.68. The van der Waals surface area contributed by atoms with Gasteiger partial charge < -0.3 is 24.6 Å². The van der Waals surface area contributed by atoms with Crippen LogP contribution in [0.2, 0.25) is 0 Å². The molecule has 0 unspecified atom stereocenters. The highest BCUT2D eigenvalue weighted by Gasteiger charge is 2.50. The quantitative estimate of drug-likeness (QED) is 0.667. The smallest absolute Gasteiger partial charge is 0.318 e. The summed E-state index contributed by atoms with van der Waals surface area (Å²) in [6.45, 7) is 6.53. The predicted molar refractivity (Wildman–Crippen MR) is 132 cm³/mol. The Morgan fingerprint density at radius 1 is 1.29 bits per heavy atom. The number of nitrogens with zero attached hydrogens (tertiary/aromatic N) is 3. The van der Waals surface area contributed by atoms with Crippen LogP contribution in [0.25, 0.3) is 10.9 Å². The predicted octanol–water partition coefficient (Wildman–Crippen LogP) is 2.34. The van der Waals surface area contributed by atoms with Gasteiger partial charge in [-0.1, -0.05) is 0 Å². The number of aromatic nitrogens is 1.